The molecular weight excluding hydrogens is 984 g/mol. The summed E-state index contributed by atoms with van der Waals surface area (Å²) in [5.41, 5.74) is 0. The minimum Gasteiger partial charge on any atom is -1.00 e. The van der Waals surface area contributed by atoms with E-state index < -0.39 is 23.8 Å². The summed E-state index contributed by atoms with van der Waals surface area (Å²) in [6, 6.07) is 97.0. The first kappa shape index (κ1) is 54.2. The molecule has 9 aromatic rings. The second kappa shape index (κ2) is 30.2. The fraction of sp³-hybridized carbons (Fsp3) is 0. The van der Waals surface area contributed by atoms with Crippen LogP contribution in [0.5, 0.6) is 0 Å². The normalized spacial score (nSPS) is 9.73. The minimum atomic E-state index is -0.446. The monoisotopic (exact) mass is 1030 g/mol. The van der Waals surface area contributed by atoms with E-state index in [0.717, 1.165) is 0 Å². The van der Waals surface area contributed by atoms with Gasteiger partial charge in [-0.3, -0.25) is 0 Å². The van der Waals surface area contributed by atoms with E-state index in [9.17, 15) is 0 Å². The van der Waals surface area contributed by atoms with Crippen molar-refractivity contribution in [2.75, 3.05) is 0 Å². The molecule has 0 N–H and O–H groups in total. The van der Waals surface area contributed by atoms with Crippen molar-refractivity contribution < 1.29 is 69.1 Å². The van der Waals surface area contributed by atoms with Gasteiger partial charge in [0.2, 0.25) is 0 Å². The maximum atomic E-state index is 2.23. The first-order valence-electron chi connectivity index (χ1n) is 19.2. The SMILES string of the molecule is [Cl-].[Cl-].[Cl-].[Cl-].[Ru+4].c1ccc(P(c2ccccc2)c2ccccc2)cc1.c1ccc(P(c2ccccc2)c2ccccc2)cc1.c1ccc(P(c2ccccc2)c2ccccc2)cc1. The Morgan fingerprint density at radius 2 is 0.226 bits per heavy atom. The number of rotatable bonds is 9. The van der Waals surface area contributed by atoms with Crippen LogP contribution in [-0.4, -0.2) is 0 Å². The molecular formula is C54H45Cl4P3Ru. The van der Waals surface area contributed by atoms with Crippen LogP contribution < -0.4 is 97.4 Å². The number of hydrogen-bond donors (Lipinski definition) is 0. The molecule has 0 aromatic heterocycles. The molecule has 0 atom stereocenters. The zero-order valence-corrected chi connectivity index (χ0v) is 41.1. The third kappa shape index (κ3) is 15.7. The fourth-order valence-corrected chi connectivity index (χ4v) is 13.5. The van der Waals surface area contributed by atoms with E-state index in [4.69, 9.17) is 0 Å². The van der Waals surface area contributed by atoms with Crippen LogP contribution >= 0.6 is 23.8 Å². The molecule has 0 radical (unpaired) electrons. The van der Waals surface area contributed by atoms with Crippen LogP contribution in [0.15, 0.2) is 273 Å². The summed E-state index contributed by atoms with van der Waals surface area (Å²) in [5, 5.41) is 12.6. The smallest absolute Gasteiger partial charge is 1.00 e. The molecule has 0 amide bonds. The number of hydrogen-bond acceptors (Lipinski definition) is 0. The van der Waals surface area contributed by atoms with Gasteiger partial charge in [-0.2, -0.15) is 0 Å². The first-order valence-corrected chi connectivity index (χ1v) is 23.2. The van der Waals surface area contributed by atoms with E-state index in [-0.39, 0.29) is 69.1 Å². The van der Waals surface area contributed by atoms with Crippen LogP contribution in [-0.2, 0) is 19.5 Å². The van der Waals surface area contributed by atoms with Gasteiger partial charge in [-0.25, -0.2) is 0 Å². The summed E-state index contributed by atoms with van der Waals surface area (Å²) in [6.07, 6.45) is 0. The second-order valence-electron chi connectivity index (χ2n) is 13.0. The molecule has 0 aliphatic heterocycles. The van der Waals surface area contributed by atoms with E-state index in [2.05, 4.69) is 273 Å². The maximum Gasteiger partial charge on any atom is 4.00 e. The Balaban J connectivity index is 0.000000308. The van der Waals surface area contributed by atoms with Crippen LogP contribution in [0.3, 0.4) is 0 Å². The van der Waals surface area contributed by atoms with Crippen molar-refractivity contribution in [1.82, 2.24) is 0 Å². The van der Waals surface area contributed by atoms with Crippen molar-refractivity contribution in [2.24, 2.45) is 0 Å². The topological polar surface area (TPSA) is 0 Å². The molecule has 0 bridgehead atoms. The molecule has 0 aliphatic rings. The van der Waals surface area contributed by atoms with Gasteiger partial charge in [-0.1, -0.05) is 273 Å². The molecule has 8 heteroatoms. The zero-order valence-electron chi connectivity index (χ0n) is 33.7. The number of benzene rings is 9. The fourth-order valence-electron chi connectivity index (χ4n) is 6.54. The van der Waals surface area contributed by atoms with E-state index in [0.29, 0.717) is 0 Å². The predicted octanol–water partition coefficient (Wildman–Crippen LogP) is -1.65. The Labute approximate surface area is 410 Å². The van der Waals surface area contributed by atoms with Gasteiger partial charge in [0.1, 0.15) is 0 Å². The molecule has 9 aromatic carbocycles. The summed E-state index contributed by atoms with van der Waals surface area (Å²) in [7, 11) is -1.34. The predicted molar refractivity (Wildman–Crippen MR) is 255 cm³/mol. The number of halogens is 4. The molecule has 0 saturated heterocycles. The van der Waals surface area contributed by atoms with Gasteiger partial charge in [0.25, 0.3) is 0 Å². The van der Waals surface area contributed by atoms with Crippen molar-refractivity contribution in [2.45, 2.75) is 0 Å². The van der Waals surface area contributed by atoms with Crippen LogP contribution in [0.25, 0.3) is 0 Å². The van der Waals surface area contributed by atoms with Gasteiger partial charge in [0, 0.05) is 0 Å². The van der Waals surface area contributed by atoms with Crippen molar-refractivity contribution in [3.63, 3.8) is 0 Å². The molecule has 62 heavy (non-hydrogen) atoms. The molecule has 312 valence electrons. The Morgan fingerprint density at radius 1 is 0.145 bits per heavy atom. The van der Waals surface area contributed by atoms with Gasteiger partial charge < -0.3 is 49.6 Å². The maximum absolute atomic E-state index is 2.23. The molecule has 9 rings (SSSR count). The summed E-state index contributed by atoms with van der Waals surface area (Å²) in [4.78, 5) is 0. The van der Waals surface area contributed by atoms with Crippen molar-refractivity contribution >= 4 is 71.5 Å². The van der Waals surface area contributed by atoms with Crippen LogP contribution in [0.2, 0.25) is 0 Å². The average molecular weight is 1030 g/mol. The largest absolute Gasteiger partial charge is 4.00 e. The standard InChI is InChI=1S/3C18H15P.4ClH.Ru/c3*1-4-10-16(11-5-1)19(17-12-6-2-7-13-17)18-14-8-3-9-15-18;;;;;/h3*1-15H;4*1H;/q;;;;;;;+4/p-4. The van der Waals surface area contributed by atoms with E-state index in [1.807, 2.05) is 0 Å². The van der Waals surface area contributed by atoms with Crippen LogP contribution in [0.1, 0.15) is 0 Å². The van der Waals surface area contributed by atoms with E-state index in [1.165, 1.54) is 47.7 Å². The molecule has 0 aliphatic carbocycles. The van der Waals surface area contributed by atoms with Crippen molar-refractivity contribution in [1.29, 1.82) is 0 Å². The average Bonchev–Trinajstić information content (AvgIpc) is 3.30. The third-order valence-electron chi connectivity index (χ3n) is 9.13. The molecule has 0 nitrogen and oxygen atoms in total. The summed E-state index contributed by atoms with van der Waals surface area (Å²) in [5.74, 6) is 0. The van der Waals surface area contributed by atoms with Crippen LogP contribution in [0.4, 0.5) is 0 Å². The first-order chi connectivity index (χ1) is 28.3. The van der Waals surface area contributed by atoms with Crippen LogP contribution in [0, 0.1) is 0 Å². The molecule has 0 saturated carbocycles. The minimum absolute atomic E-state index is 0. The van der Waals surface area contributed by atoms with Crippen molar-refractivity contribution in [3.8, 4) is 0 Å². The van der Waals surface area contributed by atoms with Gasteiger partial charge >= 0.3 is 19.5 Å². The van der Waals surface area contributed by atoms with Gasteiger partial charge in [-0.15, -0.1) is 0 Å². The quantitative estimate of drug-likeness (QED) is 0.120. The van der Waals surface area contributed by atoms with Gasteiger partial charge in [0.15, 0.2) is 0 Å². The second-order valence-corrected chi connectivity index (χ2v) is 19.7. The summed E-state index contributed by atoms with van der Waals surface area (Å²) < 4.78 is 0. The Bertz CT molecular complexity index is 1880. The Hall–Kier alpha value is -3.95. The Morgan fingerprint density at radius 3 is 0.306 bits per heavy atom. The Kier molecular flexibility index (Phi) is 26.4. The van der Waals surface area contributed by atoms with Gasteiger partial charge in [0.05, 0.1) is 0 Å². The zero-order chi connectivity index (χ0) is 38.7. The van der Waals surface area contributed by atoms with E-state index >= 15 is 0 Å². The van der Waals surface area contributed by atoms with E-state index in [1.54, 1.807) is 0 Å². The summed E-state index contributed by atoms with van der Waals surface area (Å²) >= 11 is 0. The summed E-state index contributed by atoms with van der Waals surface area (Å²) in [6.45, 7) is 0. The molecule has 0 unspecified atom stereocenters. The van der Waals surface area contributed by atoms with Gasteiger partial charge in [-0.05, 0) is 71.5 Å². The molecule has 0 heterocycles. The molecule has 0 fully saturated rings. The third-order valence-corrected chi connectivity index (χ3v) is 16.5. The van der Waals surface area contributed by atoms with Crippen molar-refractivity contribution in [3.05, 3.63) is 273 Å². The molecule has 0 spiro atoms.